The summed E-state index contributed by atoms with van der Waals surface area (Å²) in [5, 5.41) is 2.94. The van der Waals surface area contributed by atoms with Gasteiger partial charge >= 0.3 is 6.03 Å². The van der Waals surface area contributed by atoms with Gasteiger partial charge in [0.25, 0.3) is 5.91 Å². The van der Waals surface area contributed by atoms with E-state index in [0.717, 1.165) is 24.1 Å². The van der Waals surface area contributed by atoms with Gasteiger partial charge < -0.3 is 10.2 Å². The number of rotatable bonds is 7. The monoisotopic (exact) mass is 431 g/mol. The molecule has 3 aromatic carbocycles. The molecule has 4 rings (SSSR count). The van der Waals surface area contributed by atoms with E-state index in [9.17, 15) is 14.0 Å². The molecule has 1 heterocycles. The summed E-state index contributed by atoms with van der Waals surface area (Å²) < 4.78 is 13.5. The smallest absolute Gasteiger partial charge is 0.324 e. The first-order valence-corrected chi connectivity index (χ1v) is 10.8. The third-order valence-electron chi connectivity index (χ3n) is 5.56. The maximum atomic E-state index is 13.5. The molecule has 1 N–H and O–H groups in total. The lowest BCUT2D eigenvalue weighted by Gasteiger charge is -2.35. The Kier molecular flexibility index (Phi) is 6.80. The van der Waals surface area contributed by atoms with Crippen molar-refractivity contribution in [3.63, 3.8) is 0 Å². The van der Waals surface area contributed by atoms with Crippen LogP contribution in [0.15, 0.2) is 78.9 Å². The van der Waals surface area contributed by atoms with Crippen LogP contribution >= 0.6 is 0 Å². The minimum Gasteiger partial charge on any atom is -0.352 e. The number of nitrogens with one attached hydrogen (secondary N) is 1. The van der Waals surface area contributed by atoms with E-state index in [4.69, 9.17) is 0 Å². The number of nitrogens with zero attached hydrogens (tertiary/aromatic N) is 2. The first kappa shape index (κ1) is 21.6. The number of benzene rings is 3. The molecule has 0 spiro atoms. The molecule has 3 aromatic rings. The second-order valence-electron chi connectivity index (χ2n) is 7.88. The minimum absolute atomic E-state index is 0.111. The zero-order valence-electron chi connectivity index (χ0n) is 17.8. The normalized spacial score (nSPS) is 13.8. The van der Waals surface area contributed by atoms with E-state index in [-0.39, 0.29) is 17.8 Å². The zero-order chi connectivity index (χ0) is 22.3. The highest BCUT2D eigenvalue weighted by Crippen LogP contribution is 2.22. The Balaban J connectivity index is 1.35. The molecule has 1 fully saturated rings. The SMILES string of the molecule is O=C(NCCc1ccccc1)c1ccc(N2CCCN(Cc3cccc(F)c3)C2=O)cc1. The van der Waals surface area contributed by atoms with E-state index in [1.54, 1.807) is 40.1 Å². The molecule has 32 heavy (non-hydrogen) atoms. The van der Waals surface area contributed by atoms with Crippen molar-refractivity contribution < 1.29 is 14.0 Å². The molecule has 5 nitrogen and oxygen atoms in total. The highest BCUT2D eigenvalue weighted by molar-refractivity contribution is 5.96. The van der Waals surface area contributed by atoms with Crippen LogP contribution in [-0.2, 0) is 13.0 Å². The maximum absolute atomic E-state index is 13.5. The zero-order valence-corrected chi connectivity index (χ0v) is 17.8. The van der Waals surface area contributed by atoms with Gasteiger partial charge in [0.2, 0.25) is 0 Å². The van der Waals surface area contributed by atoms with Crippen LogP contribution in [0, 0.1) is 5.82 Å². The number of carbonyl (C=O) groups excluding carboxylic acids is 2. The number of anilines is 1. The van der Waals surface area contributed by atoms with Crippen molar-refractivity contribution in [2.24, 2.45) is 0 Å². The van der Waals surface area contributed by atoms with Gasteiger partial charge in [0.05, 0.1) is 0 Å². The van der Waals surface area contributed by atoms with E-state index in [2.05, 4.69) is 5.32 Å². The van der Waals surface area contributed by atoms with Crippen LogP contribution in [0.4, 0.5) is 14.9 Å². The third kappa shape index (κ3) is 5.32. The molecular weight excluding hydrogens is 405 g/mol. The number of halogens is 1. The van der Waals surface area contributed by atoms with Crippen LogP contribution in [0.25, 0.3) is 0 Å². The summed E-state index contributed by atoms with van der Waals surface area (Å²) in [6.07, 6.45) is 1.59. The van der Waals surface area contributed by atoms with Crippen molar-refractivity contribution in [2.75, 3.05) is 24.5 Å². The predicted octanol–water partition coefficient (Wildman–Crippen LogP) is 4.63. The summed E-state index contributed by atoms with van der Waals surface area (Å²) in [7, 11) is 0. The molecule has 0 radical (unpaired) electrons. The lowest BCUT2D eigenvalue weighted by atomic mass is 10.1. The van der Waals surface area contributed by atoms with Crippen molar-refractivity contribution in [3.05, 3.63) is 101 Å². The van der Waals surface area contributed by atoms with Gasteiger partial charge in [-0.1, -0.05) is 42.5 Å². The Morgan fingerprint density at radius 1 is 0.906 bits per heavy atom. The molecule has 164 valence electrons. The van der Waals surface area contributed by atoms with Crippen molar-refractivity contribution >= 4 is 17.6 Å². The second-order valence-corrected chi connectivity index (χ2v) is 7.88. The molecular formula is C26H26FN3O2. The molecule has 1 saturated heterocycles. The average molecular weight is 432 g/mol. The number of hydrogen-bond donors (Lipinski definition) is 1. The van der Waals surface area contributed by atoms with E-state index in [1.165, 1.54) is 17.7 Å². The summed E-state index contributed by atoms with van der Waals surface area (Å²) in [5.74, 6) is -0.438. The maximum Gasteiger partial charge on any atom is 0.324 e. The fourth-order valence-electron chi connectivity index (χ4n) is 3.88. The Hall–Kier alpha value is -3.67. The average Bonchev–Trinajstić information content (AvgIpc) is 2.81. The number of carbonyl (C=O) groups is 2. The summed E-state index contributed by atoms with van der Waals surface area (Å²) in [6, 6.07) is 23.3. The molecule has 0 bridgehead atoms. The molecule has 0 saturated carbocycles. The minimum atomic E-state index is -0.304. The largest absolute Gasteiger partial charge is 0.352 e. The summed E-state index contributed by atoms with van der Waals surface area (Å²) in [6.45, 7) is 2.17. The molecule has 0 unspecified atom stereocenters. The highest BCUT2D eigenvalue weighted by atomic mass is 19.1. The molecule has 1 aliphatic rings. The van der Waals surface area contributed by atoms with Crippen molar-refractivity contribution in [3.8, 4) is 0 Å². The molecule has 6 heteroatoms. The molecule has 0 aliphatic carbocycles. The standard InChI is InChI=1S/C26H26FN3O2/c27-23-9-4-8-21(18-23)19-29-16-5-17-30(26(29)32)24-12-10-22(11-13-24)25(31)28-15-14-20-6-2-1-3-7-20/h1-4,6-13,18H,5,14-17,19H2,(H,28,31). The Bertz CT molecular complexity index is 1070. The molecule has 3 amide bonds. The molecule has 1 aliphatic heterocycles. The van der Waals surface area contributed by atoms with Gasteiger partial charge in [0.1, 0.15) is 5.82 Å². The quantitative estimate of drug-likeness (QED) is 0.593. The number of hydrogen-bond acceptors (Lipinski definition) is 2. The van der Waals surface area contributed by atoms with Gasteiger partial charge in [-0.3, -0.25) is 9.69 Å². The van der Waals surface area contributed by atoms with Gasteiger partial charge in [0, 0.05) is 37.4 Å². The number of amides is 3. The van der Waals surface area contributed by atoms with Crippen LogP contribution in [0.3, 0.4) is 0 Å². The van der Waals surface area contributed by atoms with E-state index in [1.807, 2.05) is 36.4 Å². The fourth-order valence-corrected chi connectivity index (χ4v) is 3.88. The van der Waals surface area contributed by atoms with Crippen LogP contribution < -0.4 is 10.2 Å². The van der Waals surface area contributed by atoms with Crippen LogP contribution in [0.1, 0.15) is 27.9 Å². The van der Waals surface area contributed by atoms with Crippen LogP contribution in [-0.4, -0.2) is 36.5 Å². The van der Waals surface area contributed by atoms with Gasteiger partial charge in [0.15, 0.2) is 0 Å². The molecule has 0 aromatic heterocycles. The van der Waals surface area contributed by atoms with E-state index in [0.29, 0.717) is 31.7 Å². The second kappa shape index (κ2) is 10.1. The third-order valence-corrected chi connectivity index (χ3v) is 5.56. The Morgan fingerprint density at radius 2 is 1.66 bits per heavy atom. The van der Waals surface area contributed by atoms with Gasteiger partial charge in [-0.25, -0.2) is 9.18 Å². The first-order chi connectivity index (χ1) is 15.6. The molecule has 0 atom stereocenters. The van der Waals surface area contributed by atoms with Crippen molar-refractivity contribution in [2.45, 2.75) is 19.4 Å². The summed E-state index contributed by atoms with van der Waals surface area (Å²) >= 11 is 0. The van der Waals surface area contributed by atoms with Crippen LogP contribution in [0.5, 0.6) is 0 Å². The van der Waals surface area contributed by atoms with Gasteiger partial charge in [-0.2, -0.15) is 0 Å². The topological polar surface area (TPSA) is 52.7 Å². The van der Waals surface area contributed by atoms with Crippen molar-refractivity contribution in [1.82, 2.24) is 10.2 Å². The first-order valence-electron chi connectivity index (χ1n) is 10.8. The van der Waals surface area contributed by atoms with E-state index >= 15 is 0 Å². The lowest BCUT2D eigenvalue weighted by molar-refractivity contribution is 0.0954. The van der Waals surface area contributed by atoms with Gasteiger partial charge in [-0.05, 0) is 60.4 Å². The van der Waals surface area contributed by atoms with Crippen LogP contribution in [0.2, 0.25) is 0 Å². The number of urea groups is 1. The van der Waals surface area contributed by atoms with E-state index < -0.39 is 0 Å². The highest BCUT2D eigenvalue weighted by Gasteiger charge is 2.27. The van der Waals surface area contributed by atoms with Gasteiger partial charge in [-0.15, -0.1) is 0 Å². The lowest BCUT2D eigenvalue weighted by Crippen LogP contribution is -2.49. The summed E-state index contributed by atoms with van der Waals surface area (Å²) in [4.78, 5) is 28.9. The predicted molar refractivity (Wildman–Crippen MR) is 123 cm³/mol. The van der Waals surface area contributed by atoms with Crippen molar-refractivity contribution in [1.29, 1.82) is 0 Å². The Morgan fingerprint density at radius 3 is 2.41 bits per heavy atom. The summed E-state index contributed by atoms with van der Waals surface area (Å²) in [5.41, 5.74) is 3.25. The Labute approximate surface area is 187 Å². The fraction of sp³-hybridized carbons (Fsp3) is 0.231.